The van der Waals surface area contributed by atoms with Crippen molar-refractivity contribution >= 4 is 35.7 Å². The van der Waals surface area contributed by atoms with Crippen LogP contribution in [0, 0.1) is 0 Å². The first-order chi connectivity index (χ1) is 7.33. The maximum absolute atomic E-state index is 10.0. The number of Topliss-reactive ketones (excluding diaryl/α,β-unsaturated/α-hetero) is 4. The second-order valence-corrected chi connectivity index (χ2v) is 2.81. The third-order valence-electron chi connectivity index (χ3n) is 1.05. The summed E-state index contributed by atoms with van der Waals surface area (Å²) in [7, 11) is 0. The number of hydrogen-bond donors (Lipinski definition) is 0. The van der Waals surface area contributed by atoms with Crippen molar-refractivity contribution < 1.29 is 55.0 Å². The molecule has 0 bridgehead atoms. The number of carbonyl (C=O) groups is 4. The Balaban J connectivity index is -0.000000218. The van der Waals surface area contributed by atoms with Crippen LogP contribution in [0.15, 0.2) is 0 Å². The summed E-state index contributed by atoms with van der Waals surface area (Å²) in [6.07, 6.45) is 1.54. The van der Waals surface area contributed by atoms with Crippen LogP contribution < -0.4 is 0 Å². The number of ketones is 4. The van der Waals surface area contributed by atoms with E-state index in [1.54, 1.807) is 0 Å². The van der Waals surface area contributed by atoms with Crippen molar-refractivity contribution in [3.05, 3.63) is 0 Å². The van der Waals surface area contributed by atoms with E-state index in [-0.39, 0.29) is 50.6 Å². The largest absolute Gasteiger partial charge is 2.00 e. The Hall–Kier alpha value is -1.10. The third kappa shape index (κ3) is 20.9. The van der Waals surface area contributed by atoms with Crippen LogP contribution in [0.1, 0.15) is 26.7 Å². The monoisotopic (exact) mass is 316 g/mol. The van der Waals surface area contributed by atoms with Gasteiger partial charge in [0.15, 0.2) is 0 Å². The minimum Gasteiger partial charge on any atom is -0.534 e. The Morgan fingerprint density at radius 1 is 0.765 bits per heavy atom. The van der Waals surface area contributed by atoms with Gasteiger partial charge in [-0.3, -0.25) is 9.59 Å². The van der Waals surface area contributed by atoms with Crippen LogP contribution in [0.5, 0.6) is 0 Å². The summed E-state index contributed by atoms with van der Waals surface area (Å²) >= 11 is 0. The van der Waals surface area contributed by atoms with E-state index in [2.05, 4.69) is 0 Å². The molecule has 90 valence electrons. The summed E-state index contributed by atoms with van der Waals surface area (Å²) in [5.41, 5.74) is 0. The van der Waals surface area contributed by atoms with E-state index in [1.807, 2.05) is 0 Å². The molecular weight excluding hydrogens is 307 g/mol. The molecule has 0 saturated carbocycles. The number of hydrogen-bond acceptors (Lipinski definition) is 6. The van der Waals surface area contributed by atoms with Crippen LogP contribution in [0.3, 0.4) is 0 Å². The zero-order valence-electron chi connectivity index (χ0n) is 9.36. The average molecular weight is 317 g/mol. The van der Waals surface area contributed by atoms with Crippen LogP contribution in [-0.2, 0) is 55.0 Å². The van der Waals surface area contributed by atoms with Crippen molar-refractivity contribution in [2.24, 2.45) is 0 Å². The third-order valence-corrected chi connectivity index (χ3v) is 1.05. The van der Waals surface area contributed by atoms with Crippen LogP contribution in [0.25, 0.3) is 0 Å². The standard InChI is InChI=1S/2C5H5O3.Zr/c2*1-4(7)2-5(8)3-6;/h2*2H2,1H3;/q2*-1;+2. The molecule has 0 rings (SSSR count). The van der Waals surface area contributed by atoms with Crippen molar-refractivity contribution in [2.75, 3.05) is 0 Å². The maximum Gasteiger partial charge on any atom is 2.00 e. The van der Waals surface area contributed by atoms with Crippen LogP contribution in [0.2, 0.25) is 0 Å². The van der Waals surface area contributed by atoms with Gasteiger partial charge in [0.2, 0.25) is 0 Å². The molecule has 0 aromatic heterocycles. The zero-order chi connectivity index (χ0) is 13.1. The van der Waals surface area contributed by atoms with Crippen molar-refractivity contribution in [1.82, 2.24) is 0 Å². The van der Waals surface area contributed by atoms with E-state index < -0.39 is 11.6 Å². The van der Waals surface area contributed by atoms with Crippen molar-refractivity contribution in [2.45, 2.75) is 26.7 Å². The van der Waals surface area contributed by atoms with E-state index >= 15 is 0 Å². The predicted molar refractivity (Wildman–Crippen MR) is 52.0 cm³/mol. The molecule has 0 unspecified atom stereocenters. The second kappa shape index (κ2) is 13.0. The fourth-order valence-electron chi connectivity index (χ4n) is 0.524. The summed E-state index contributed by atoms with van der Waals surface area (Å²) in [6, 6.07) is 0. The molecule has 0 atom stereocenters. The first-order valence-corrected chi connectivity index (χ1v) is 4.14. The van der Waals surface area contributed by atoms with Gasteiger partial charge in [-0.25, -0.2) is 0 Å². The van der Waals surface area contributed by atoms with E-state index in [1.165, 1.54) is 13.8 Å². The summed E-state index contributed by atoms with van der Waals surface area (Å²) in [5, 5.41) is 0. The molecule has 0 aliphatic carbocycles. The fraction of sp³-hybridized carbons (Fsp3) is 0.400. The number of carbonyl (C=O) groups excluding carboxylic acids is 6. The van der Waals surface area contributed by atoms with Gasteiger partial charge in [0.25, 0.3) is 0 Å². The van der Waals surface area contributed by atoms with Crippen molar-refractivity contribution in [3.8, 4) is 0 Å². The van der Waals surface area contributed by atoms with E-state index in [0.29, 0.717) is 0 Å². The molecule has 0 aliphatic heterocycles. The van der Waals surface area contributed by atoms with Crippen molar-refractivity contribution in [3.63, 3.8) is 0 Å². The van der Waals surface area contributed by atoms with Crippen molar-refractivity contribution in [1.29, 1.82) is 0 Å². The smallest absolute Gasteiger partial charge is 0.534 e. The first kappa shape index (κ1) is 21.2. The van der Waals surface area contributed by atoms with Gasteiger partial charge in [-0.15, -0.1) is 0 Å². The van der Waals surface area contributed by atoms with Gasteiger partial charge in [0.1, 0.15) is 11.6 Å². The molecule has 0 fully saturated rings. The minimum atomic E-state index is -0.780. The van der Waals surface area contributed by atoms with Gasteiger partial charge < -0.3 is 19.2 Å². The van der Waals surface area contributed by atoms with E-state index in [4.69, 9.17) is 0 Å². The van der Waals surface area contributed by atoms with Crippen LogP contribution >= 0.6 is 0 Å². The molecule has 0 heterocycles. The molecule has 0 spiro atoms. The molecule has 17 heavy (non-hydrogen) atoms. The molecule has 0 amide bonds. The second-order valence-electron chi connectivity index (χ2n) is 2.81. The summed E-state index contributed by atoms with van der Waals surface area (Å²) < 4.78 is 0. The Kier molecular flexibility index (Phi) is 16.2. The molecule has 0 aromatic carbocycles. The Morgan fingerprint density at radius 2 is 1.00 bits per heavy atom. The molecular formula is C10H10O6Zr. The van der Waals surface area contributed by atoms with Crippen LogP contribution in [-0.4, -0.2) is 35.7 Å². The predicted octanol–water partition coefficient (Wildman–Crippen LogP) is -0.714. The van der Waals surface area contributed by atoms with Crippen LogP contribution in [0.4, 0.5) is 0 Å². The molecule has 0 aliphatic rings. The first-order valence-electron chi connectivity index (χ1n) is 4.14. The normalized spacial score (nSPS) is 7.65. The van der Waals surface area contributed by atoms with Gasteiger partial charge >= 0.3 is 26.2 Å². The van der Waals surface area contributed by atoms with Gasteiger partial charge in [0.05, 0.1) is 0 Å². The van der Waals surface area contributed by atoms with E-state index in [0.717, 1.165) is 12.6 Å². The average Bonchev–Trinajstić information content (AvgIpc) is 2.16. The van der Waals surface area contributed by atoms with Gasteiger partial charge in [0, 0.05) is 24.4 Å². The topological polar surface area (TPSA) is 102 Å². The van der Waals surface area contributed by atoms with Gasteiger partial charge in [-0.1, -0.05) is 0 Å². The molecule has 0 saturated heterocycles. The fourth-order valence-corrected chi connectivity index (χ4v) is 0.524. The molecule has 0 aromatic rings. The molecule has 6 nitrogen and oxygen atoms in total. The minimum absolute atomic E-state index is 0. The summed E-state index contributed by atoms with van der Waals surface area (Å²) in [5.74, 6) is -2.17. The van der Waals surface area contributed by atoms with Gasteiger partial charge in [-0.2, -0.15) is 12.6 Å². The number of rotatable bonds is 6. The maximum atomic E-state index is 10.0. The SMILES string of the molecule is CC(=O)CC(=O)[C-]=O.CC(=O)CC(=O)[C-]=O.[Zr+2]. The quantitative estimate of drug-likeness (QED) is 0.364. The molecule has 0 radical (unpaired) electrons. The molecule has 0 N–H and O–H groups in total. The zero-order valence-corrected chi connectivity index (χ0v) is 11.8. The summed E-state index contributed by atoms with van der Waals surface area (Å²) in [4.78, 5) is 58.8. The Morgan fingerprint density at radius 3 is 1.06 bits per heavy atom. The summed E-state index contributed by atoms with van der Waals surface area (Å²) in [6.45, 7) is 2.49. The van der Waals surface area contributed by atoms with Gasteiger partial charge in [-0.05, 0) is 13.8 Å². The Bertz CT molecular complexity index is 289. The van der Waals surface area contributed by atoms with E-state index in [9.17, 15) is 28.8 Å². The Labute approximate surface area is 117 Å². The molecule has 7 heteroatoms.